The zero-order valence-electron chi connectivity index (χ0n) is 15.8. The summed E-state index contributed by atoms with van der Waals surface area (Å²) in [6.07, 6.45) is 4.45. The molecule has 1 aromatic carbocycles. The van der Waals surface area contributed by atoms with E-state index in [0.29, 0.717) is 25.2 Å². The average molecular weight is 363 g/mol. The lowest BCUT2D eigenvalue weighted by Crippen LogP contribution is -2.48. The number of nitrogens with zero attached hydrogens (tertiary/aromatic N) is 1. The Morgan fingerprint density at radius 2 is 1.77 bits per heavy atom. The first-order valence-corrected chi connectivity index (χ1v) is 9.23. The van der Waals surface area contributed by atoms with Crippen LogP contribution >= 0.6 is 0 Å². The molecule has 0 unspecified atom stereocenters. The number of carboxylic acid groups (broad SMARTS) is 1. The lowest BCUT2D eigenvalue weighted by molar-refractivity contribution is -0.162. The lowest BCUT2D eigenvalue weighted by atomic mass is 9.84. The third-order valence-corrected chi connectivity index (χ3v) is 6.16. The van der Waals surface area contributed by atoms with Gasteiger partial charge in [0.2, 0.25) is 0 Å². The van der Waals surface area contributed by atoms with Gasteiger partial charge in [0.15, 0.2) is 5.60 Å². The van der Waals surface area contributed by atoms with E-state index in [2.05, 4.69) is 4.90 Å². The van der Waals surface area contributed by atoms with E-state index in [1.54, 1.807) is 14.2 Å². The first kappa shape index (κ1) is 19.1. The minimum absolute atomic E-state index is 0.212. The van der Waals surface area contributed by atoms with Gasteiger partial charge in [0.05, 0.1) is 13.2 Å². The Bertz CT molecular complexity index is 611. The van der Waals surface area contributed by atoms with Crippen LogP contribution in [0.15, 0.2) is 24.3 Å². The highest BCUT2D eigenvalue weighted by molar-refractivity contribution is 5.80. The summed E-state index contributed by atoms with van der Waals surface area (Å²) in [4.78, 5) is 14.5. The molecular formula is C20H29NO5. The van der Waals surface area contributed by atoms with Crippen molar-refractivity contribution in [2.24, 2.45) is 0 Å². The van der Waals surface area contributed by atoms with E-state index < -0.39 is 11.6 Å². The van der Waals surface area contributed by atoms with Crippen LogP contribution in [-0.2, 0) is 14.3 Å². The van der Waals surface area contributed by atoms with Gasteiger partial charge >= 0.3 is 5.97 Å². The molecule has 1 heterocycles. The predicted molar refractivity (Wildman–Crippen MR) is 97.7 cm³/mol. The van der Waals surface area contributed by atoms with E-state index >= 15 is 0 Å². The van der Waals surface area contributed by atoms with Gasteiger partial charge in [0.25, 0.3) is 0 Å². The topological polar surface area (TPSA) is 68.2 Å². The number of rotatable bonds is 6. The van der Waals surface area contributed by atoms with Gasteiger partial charge < -0.3 is 19.3 Å². The molecule has 6 heteroatoms. The third kappa shape index (κ3) is 3.46. The Balaban J connectivity index is 1.83. The van der Waals surface area contributed by atoms with Crippen molar-refractivity contribution in [2.75, 3.05) is 34.4 Å². The van der Waals surface area contributed by atoms with E-state index in [1.165, 1.54) is 7.11 Å². The summed E-state index contributed by atoms with van der Waals surface area (Å²) in [5.41, 5.74) is -0.240. The molecular weight excluding hydrogens is 334 g/mol. The smallest absolute Gasteiger partial charge is 0.338 e. The maximum absolute atomic E-state index is 12.2. The second-order valence-corrected chi connectivity index (χ2v) is 7.32. The number of carbonyl (C=O) groups is 1. The van der Waals surface area contributed by atoms with Gasteiger partial charge in [-0.05, 0) is 43.4 Å². The van der Waals surface area contributed by atoms with Crippen LogP contribution in [0.25, 0.3) is 0 Å². The Labute approximate surface area is 155 Å². The molecule has 0 radical (unpaired) electrons. The molecule has 6 nitrogen and oxygen atoms in total. The number of likely N-dealkylation sites (tertiary alicyclic amines) is 1. The minimum atomic E-state index is -1.22. The Morgan fingerprint density at radius 1 is 1.12 bits per heavy atom. The maximum atomic E-state index is 12.2. The summed E-state index contributed by atoms with van der Waals surface area (Å²) in [6.45, 7) is 1.10. The molecule has 0 amide bonds. The molecule has 1 aliphatic heterocycles. The molecule has 0 bridgehead atoms. The van der Waals surface area contributed by atoms with Crippen molar-refractivity contribution in [3.05, 3.63) is 29.8 Å². The number of aliphatic carboxylic acids is 1. The van der Waals surface area contributed by atoms with Crippen LogP contribution < -0.4 is 4.74 Å². The largest absolute Gasteiger partial charge is 0.497 e. The molecule has 1 N–H and O–H groups in total. The fourth-order valence-electron chi connectivity index (χ4n) is 4.50. The van der Waals surface area contributed by atoms with Crippen molar-refractivity contribution >= 4 is 5.97 Å². The molecule has 26 heavy (non-hydrogen) atoms. The van der Waals surface area contributed by atoms with E-state index in [-0.39, 0.29) is 5.92 Å². The van der Waals surface area contributed by atoms with Gasteiger partial charge in [-0.3, -0.25) is 4.90 Å². The second-order valence-electron chi connectivity index (χ2n) is 7.32. The van der Waals surface area contributed by atoms with E-state index in [9.17, 15) is 9.90 Å². The highest BCUT2D eigenvalue weighted by atomic mass is 16.5. The van der Waals surface area contributed by atoms with Gasteiger partial charge in [0, 0.05) is 39.3 Å². The Morgan fingerprint density at radius 3 is 2.27 bits per heavy atom. The van der Waals surface area contributed by atoms with Crippen LogP contribution in [0.5, 0.6) is 5.75 Å². The third-order valence-electron chi connectivity index (χ3n) is 6.16. The molecule has 1 saturated carbocycles. The minimum Gasteiger partial charge on any atom is -0.497 e. The molecule has 1 saturated heterocycles. The van der Waals surface area contributed by atoms with Crippen molar-refractivity contribution in [1.82, 2.24) is 4.90 Å². The van der Waals surface area contributed by atoms with Crippen LogP contribution in [0.3, 0.4) is 0 Å². The van der Waals surface area contributed by atoms with E-state index in [0.717, 1.165) is 37.0 Å². The summed E-state index contributed by atoms with van der Waals surface area (Å²) in [5, 5.41) is 10.00. The number of hydrogen-bond donors (Lipinski definition) is 1. The van der Waals surface area contributed by atoms with Crippen LogP contribution in [0.4, 0.5) is 0 Å². The monoisotopic (exact) mass is 363 g/mol. The summed E-state index contributed by atoms with van der Waals surface area (Å²) in [5.74, 6) is -0.343. The van der Waals surface area contributed by atoms with Gasteiger partial charge in [-0.2, -0.15) is 0 Å². The summed E-state index contributed by atoms with van der Waals surface area (Å²) >= 11 is 0. The number of hydrogen-bond acceptors (Lipinski definition) is 5. The molecule has 2 aliphatic rings. The Kier molecular flexibility index (Phi) is 5.85. The lowest BCUT2D eigenvalue weighted by Gasteiger charge is -2.34. The number of carboxylic acids is 1. The molecule has 1 aliphatic carbocycles. The summed E-state index contributed by atoms with van der Waals surface area (Å²) in [7, 11) is 4.90. The SMILES string of the molecule is COc1ccc([C@@H]2CN([C@H]3CC[C@H](OC)CC3)C[C@@]2(OC)C(=O)O)cc1. The second kappa shape index (κ2) is 7.94. The van der Waals surface area contributed by atoms with Gasteiger partial charge in [-0.15, -0.1) is 0 Å². The zero-order valence-corrected chi connectivity index (χ0v) is 15.8. The molecule has 2 fully saturated rings. The zero-order chi connectivity index (χ0) is 18.7. The van der Waals surface area contributed by atoms with Gasteiger partial charge in [-0.25, -0.2) is 4.79 Å². The number of ether oxygens (including phenoxy) is 3. The standard InChI is InChI=1S/C20H29NO5/c1-24-16-8-4-14(5-9-16)18-12-21(13-20(18,26-3)19(22)23)15-6-10-17(25-2)11-7-15/h4-5,8-9,15,17-18H,6-7,10-13H2,1-3H3,(H,22,23)/t15-,17-,18-,20-/m0/s1. The highest BCUT2D eigenvalue weighted by Crippen LogP contribution is 2.42. The summed E-state index contributed by atoms with van der Waals surface area (Å²) in [6, 6.07) is 8.05. The van der Waals surface area contributed by atoms with Crippen molar-refractivity contribution in [1.29, 1.82) is 0 Å². The van der Waals surface area contributed by atoms with Gasteiger partial charge in [0.1, 0.15) is 5.75 Å². The number of benzene rings is 1. The molecule has 3 rings (SSSR count). The molecule has 0 spiro atoms. The highest BCUT2D eigenvalue weighted by Gasteiger charge is 2.55. The maximum Gasteiger partial charge on any atom is 0.338 e. The van der Waals surface area contributed by atoms with E-state index in [1.807, 2.05) is 24.3 Å². The molecule has 144 valence electrons. The predicted octanol–water partition coefficient (Wildman–Crippen LogP) is 2.52. The first-order valence-electron chi connectivity index (χ1n) is 9.23. The van der Waals surface area contributed by atoms with Crippen molar-refractivity contribution in [3.8, 4) is 5.75 Å². The van der Waals surface area contributed by atoms with Crippen molar-refractivity contribution < 1.29 is 24.1 Å². The molecule has 1 aromatic rings. The van der Waals surface area contributed by atoms with Crippen LogP contribution in [0.1, 0.15) is 37.2 Å². The number of methoxy groups -OCH3 is 3. The molecule has 2 atom stereocenters. The van der Waals surface area contributed by atoms with E-state index in [4.69, 9.17) is 14.2 Å². The Hall–Kier alpha value is -1.63. The summed E-state index contributed by atoms with van der Waals surface area (Å²) < 4.78 is 16.3. The first-order chi connectivity index (χ1) is 12.5. The van der Waals surface area contributed by atoms with Crippen LogP contribution in [0.2, 0.25) is 0 Å². The molecule has 0 aromatic heterocycles. The van der Waals surface area contributed by atoms with Crippen LogP contribution in [0, 0.1) is 0 Å². The van der Waals surface area contributed by atoms with Crippen LogP contribution in [-0.4, -0.2) is 68.1 Å². The fourth-order valence-corrected chi connectivity index (χ4v) is 4.50. The van der Waals surface area contributed by atoms with Gasteiger partial charge in [-0.1, -0.05) is 12.1 Å². The average Bonchev–Trinajstić information content (AvgIpc) is 3.09. The van der Waals surface area contributed by atoms with Crippen molar-refractivity contribution in [2.45, 2.75) is 49.3 Å². The normalized spacial score (nSPS) is 32.5. The quantitative estimate of drug-likeness (QED) is 0.838. The van der Waals surface area contributed by atoms with Crippen molar-refractivity contribution in [3.63, 3.8) is 0 Å². The fraction of sp³-hybridized carbons (Fsp3) is 0.650.